The summed E-state index contributed by atoms with van der Waals surface area (Å²) in [7, 11) is 4.43. The molecule has 31 heavy (non-hydrogen) atoms. The predicted molar refractivity (Wildman–Crippen MR) is 122 cm³/mol. The summed E-state index contributed by atoms with van der Waals surface area (Å²) in [5.41, 5.74) is 1.45. The number of hydrogen-bond donors (Lipinski definition) is 1. The minimum Gasteiger partial charge on any atom is -0.361 e. The minimum absolute atomic E-state index is 0.0131. The minimum atomic E-state index is -0.624. The number of aliphatic hydroxyl groups excluding tert-OH is 1. The van der Waals surface area contributed by atoms with E-state index in [4.69, 9.17) is 0 Å². The summed E-state index contributed by atoms with van der Waals surface area (Å²) in [6.07, 6.45) is 12.8. The van der Waals surface area contributed by atoms with Crippen molar-refractivity contribution in [2.75, 3.05) is 32.1 Å². The van der Waals surface area contributed by atoms with E-state index in [1.165, 1.54) is 24.8 Å². The zero-order chi connectivity index (χ0) is 21.5. The molecule has 2 saturated carbocycles. The fraction of sp³-hybridized carbons (Fsp3) is 0.600. The lowest BCUT2D eigenvalue weighted by Gasteiger charge is -2.52. The highest BCUT2D eigenvalue weighted by Crippen LogP contribution is 2.50. The molecule has 2 heterocycles. The maximum atomic E-state index is 11.4. The molecule has 2 aliphatic carbocycles. The molecule has 1 aromatic carbocycles. The Kier molecular flexibility index (Phi) is 5.49. The lowest BCUT2D eigenvalue weighted by Crippen LogP contribution is -2.57. The quantitative estimate of drug-likeness (QED) is 0.798. The lowest BCUT2D eigenvalue weighted by molar-refractivity contribution is -0.0661. The van der Waals surface area contributed by atoms with Gasteiger partial charge >= 0.3 is 0 Å². The Balaban J connectivity index is 1.44. The maximum Gasteiger partial charge on any atom is 0.188 e. The zero-order valence-corrected chi connectivity index (χ0v) is 18.8. The Morgan fingerprint density at radius 3 is 2.39 bits per heavy atom. The second-order valence-corrected chi connectivity index (χ2v) is 10.0. The highest BCUT2D eigenvalue weighted by atomic mass is 16.3. The van der Waals surface area contributed by atoms with E-state index in [0.29, 0.717) is 5.92 Å². The highest BCUT2D eigenvalue weighted by molar-refractivity contribution is 5.40. The van der Waals surface area contributed by atoms with Crippen molar-refractivity contribution >= 4 is 5.82 Å². The van der Waals surface area contributed by atoms with Crippen molar-refractivity contribution in [1.29, 1.82) is 0 Å². The van der Waals surface area contributed by atoms with Crippen LogP contribution < -0.4 is 4.90 Å². The van der Waals surface area contributed by atoms with Gasteiger partial charge in [0.25, 0.3) is 0 Å². The summed E-state index contributed by atoms with van der Waals surface area (Å²) in [6, 6.07) is 11.0. The van der Waals surface area contributed by atoms with Gasteiger partial charge < -0.3 is 10.0 Å². The number of benzene rings is 1. The molecule has 6 heteroatoms. The molecule has 0 bridgehead atoms. The lowest BCUT2D eigenvalue weighted by atomic mass is 9.68. The SMILES string of the molecule is CN(C)C1(c2ccccc2)CCC2(CC1)CN(c1cnccn1)C(O)N2CC1CCC1. The third-order valence-electron chi connectivity index (χ3n) is 8.33. The molecule has 6 nitrogen and oxygen atoms in total. The standard InChI is InChI=1S/C25H35N5O/c1-28(2)25(21-9-4-3-5-10-21)13-11-24(12-14-25)19-29(22-17-26-15-16-27-22)23(31)30(24)18-20-7-6-8-20/h3-5,9-10,15-17,20,23,31H,6-8,11-14,18-19H2,1-2H3. The van der Waals surface area contributed by atoms with E-state index in [0.717, 1.165) is 44.6 Å². The summed E-state index contributed by atoms with van der Waals surface area (Å²) in [6.45, 7) is 1.80. The Morgan fingerprint density at radius 1 is 1.06 bits per heavy atom. The van der Waals surface area contributed by atoms with Crippen LogP contribution in [0.1, 0.15) is 50.5 Å². The van der Waals surface area contributed by atoms with Gasteiger partial charge in [-0.05, 0) is 64.1 Å². The topological polar surface area (TPSA) is 55.7 Å². The second kappa shape index (κ2) is 8.15. The summed E-state index contributed by atoms with van der Waals surface area (Å²) in [5.74, 6) is 1.49. The summed E-state index contributed by atoms with van der Waals surface area (Å²) >= 11 is 0. The van der Waals surface area contributed by atoms with E-state index in [9.17, 15) is 5.11 Å². The van der Waals surface area contributed by atoms with Crippen molar-refractivity contribution in [3.63, 3.8) is 0 Å². The molecule has 3 aliphatic rings. The molecule has 166 valence electrons. The van der Waals surface area contributed by atoms with Gasteiger partial charge in [-0.25, -0.2) is 4.98 Å². The summed E-state index contributed by atoms with van der Waals surface area (Å²) in [5, 5.41) is 11.4. The van der Waals surface area contributed by atoms with Gasteiger partial charge in [-0.15, -0.1) is 0 Å². The number of aliphatic hydroxyl groups is 1. The zero-order valence-electron chi connectivity index (χ0n) is 18.8. The molecule has 3 fully saturated rings. The average molecular weight is 422 g/mol. The second-order valence-electron chi connectivity index (χ2n) is 10.0. The Bertz CT molecular complexity index is 862. The van der Waals surface area contributed by atoms with Crippen molar-refractivity contribution in [3.8, 4) is 0 Å². The molecule has 1 aliphatic heterocycles. The van der Waals surface area contributed by atoms with Gasteiger partial charge in [0.15, 0.2) is 6.35 Å². The first-order chi connectivity index (χ1) is 15.0. The van der Waals surface area contributed by atoms with Crippen LogP contribution in [0.25, 0.3) is 0 Å². The number of hydrogen-bond acceptors (Lipinski definition) is 6. The fourth-order valence-electron chi connectivity index (χ4n) is 6.10. The van der Waals surface area contributed by atoms with Crippen molar-refractivity contribution in [2.24, 2.45) is 5.92 Å². The van der Waals surface area contributed by atoms with E-state index >= 15 is 0 Å². The Morgan fingerprint density at radius 2 is 1.81 bits per heavy atom. The van der Waals surface area contributed by atoms with E-state index in [2.05, 4.69) is 69.1 Å². The van der Waals surface area contributed by atoms with Crippen LogP contribution in [-0.2, 0) is 5.54 Å². The van der Waals surface area contributed by atoms with Gasteiger partial charge in [0.1, 0.15) is 5.82 Å². The van der Waals surface area contributed by atoms with Crippen LogP contribution in [0.15, 0.2) is 48.9 Å². The van der Waals surface area contributed by atoms with Gasteiger partial charge in [0.2, 0.25) is 0 Å². The van der Waals surface area contributed by atoms with Crippen molar-refractivity contribution < 1.29 is 5.11 Å². The van der Waals surface area contributed by atoms with E-state index < -0.39 is 6.35 Å². The van der Waals surface area contributed by atoms with Gasteiger partial charge in [-0.3, -0.25) is 14.8 Å². The van der Waals surface area contributed by atoms with Gasteiger partial charge in [-0.1, -0.05) is 36.8 Å². The normalized spacial score (nSPS) is 32.0. The van der Waals surface area contributed by atoms with Crippen LogP contribution in [0.3, 0.4) is 0 Å². The molecule has 0 radical (unpaired) electrons. The number of nitrogens with zero attached hydrogens (tertiary/aromatic N) is 5. The largest absolute Gasteiger partial charge is 0.361 e. The van der Waals surface area contributed by atoms with Crippen LogP contribution in [0.4, 0.5) is 5.82 Å². The van der Waals surface area contributed by atoms with E-state index in [-0.39, 0.29) is 11.1 Å². The first kappa shape index (κ1) is 20.9. The number of anilines is 1. The van der Waals surface area contributed by atoms with Crippen molar-refractivity contribution in [3.05, 3.63) is 54.5 Å². The van der Waals surface area contributed by atoms with Crippen LogP contribution in [0.5, 0.6) is 0 Å². The van der Waals surface area contributed by atoms with E-state index in [1.54, 1.807) is 18.6 Å². The van der Waals surface area contributed by atoms with Crippen LogP contribution in [0, 0.1) is 5.92 Å². The molecule has 5 rings (SSSR count). The molecule has 1 spiro atoms. The van der Waals surface area contributed by atoms with E-state index in [1.807, 2.05) is 0 Å². The monoisotopic (exact) mass is 421 g/mol. The highest BCUT2D eigenvalue weighted by Gasteiger charge is 2.55. The predicted octanol–water partition coefficient (Wildman–Crippen LogP) is 3.44. The van der Waals surface area contributed by atoms with Gasteiger partial charge in [0, 0.05) is 36.6 Å². The molecule has 1 N–H and O–H groups in total. The first-order valence-corrected chi connectivity index (χ1v) is 11.7. The average Bonchev–Trinajstić information content (AvgIpc) is 3.04. The third-order valence-corrected chi connectivity index (χ3v) is 8.33. The Hall–Kier alpha value is -2.02. The molecule has 1 aromatic heterocycles. The molecule has 1 atom stereocenters. The molecular formula is C25H35N5O. The van der Waals surface area contributed by atoms with Crippen LogP contribution in [-0.4, -0.2) is 63.9 Å². The molecular weight excluding hydrogens is 386 g/mol. The smallest absolute Gasteiger partial charge is 0.188 e. The first-order valence-electron chi connectivity index (χ1n) is 11.7. The number of rotatable bonds is 5. The summed E-state index contributed by atoms with van der Waals surface area (Å²) in [4.78, 5) is 15.7. The molecule has 0 amide bonds. The number of aromatic nitrogens is 2. The van der Waals surface area contributed by atoms with Gasteiger partial charge in [0.05, 0.1) is 6.20 Å². The Labute approximate surface area is 185 Å². The van der Waals surface area contributed by atoms with Crippen molar-refractivity contribution in [2.45, 2.75) is 62.4 Å². The third kappa shape index (κ3) is 3.55. The van der Waals surface area contributed by atoms with Crippen LogP contribution >= 0.6 is 0 Å². The fourth-order valence-corrected chi connectivity index (χ4v) is 6.10. The molecule has 1 unspecified atom stereocenters. The van der Waals surface area contributed by atoms with Crippen molar-refractivity contribution in [1.82, 2.24) is 19.8 Å². The molecule has 2 aromatic rings. The van der Waals surface area contributed by atoms with Gasteiger partial charge in [-0.2, -0.15) is 0 Å². The maximum absolute atomic E-state index is 11.4. The molecule has 1 saturated heterocycles. The van der Waals surface area contributed by atoms with Crippen LogP contribution in [0.2, 0.25) is 0 Å². The summed E-state index contributed by atoms with van der Waals surface area (Å²) < 4.78 is 0.